The van der Waals surface area contributed by atoms with E-state index in [4.69, 9.17) is 5.11 Å². The maximum atomic E-state index is 14.7. The molecule has 144 valence electrons. The number of carbonyl (C=O) groups is 2. The van der Waals surface area contributed by atoms with E-state index in [1.165, 1.54) is 9.30 Å². The van der Waals surface area contributed by atoms with Crippen LogP contribution in [0.5, 0.6) is 0 Å². The Morgan fingerprint density at radius 3 is 2.96 bits per heavy atom. The summed E-state index contributed by atoms with van der Waals surface area (Å²) in [4.78, 5) is 33.2. The van der Waals surface area contributed by atoms with E-state index in [-0.39, 0.29) is 24.8 Å². The lowest BCUT2D eigenvalue weighted by Gasteiger charge is -2.39. The van der Waals surface area contributed by atoms with Crippen LogP contribution in [0.25, 0.3) is 5.65 Å². The molecule has 0 aliphatic carbocycles. The molecule has 27 heavy (non-hydrogen) atoms. The Labute approximate surface area is 156 Å². The van der Waals surface area contributed by atoms with Crippen LogP contribution in [0, 0.1) is 18.3 Å². The summed E-state index contributed by atoms with van der Waals surface area (Å²) in [5.74, 6) is -1.16. The maximum Gasteiger partial charge on any atom is 0.277 e. The maximum absolute atomic E-state index is 14.7. The minimum atomic E-state index is -0.673. The number of β-amino-alcohol motifs (C(OH)–C–C–N with tert-alkyl or cyclic N) is 1. The van der Waals surface area contributed by atoms with Crippen LogP contribution in [0.1, 0.15) is 35.3 Å². The van der Waals surface area contributed by atoms with Crippen molar-refractivity contribution in [3.8, 4) is 0 Å². The van der Waals surface area contributed by atoms with Crippen LogP contribution in [0.15, 0.2) is 18.3 Å². The highest BCUT2D eigenvalue weighted by Crippen LogP contribution is 2.40. The van der Waals surface area contributed by atoms with Gasteiger partial charge in [0.05, 0.1) is 12.0 Å². The highest BCUT2D eigenvalue weighted by molar-refractivity contribution is 5.94. The number of hydrogen-bond donors (Lipinski definition) is 1. The molecule has 0 bridgehead atoms. The van der Waals surface area contributed by atoms with Crippen molar-refractivity contribution in [3.05, 3.63) is 35.5 Å². The van der Waals surface area contributed by atoms with Crippen LogP contribution in [0.3, 0.4) is 0 Å². The van der Waals surface area contributed by atoms with E-state index in [2.05, 4.69) is 4.98 Å². The Morgan fingerprint density at radius 1 is 1.37 bits per heavy atom. The molecule has 2 aromatic heterocycles. The molecule has 7 nitrogen and oxygen atoms in total. The Hall–Kier alpha value is -2.48. The molecule has 0 unspecified atom stereocenters. The number of fused-ring (bicyclic) bond motifs is 1. The second-order valence-electron chi connectivity index (χ2n) is 7.56. The van der Waals surface area contributed by atoms with Crippen LogP contribution in [-0.2, 0) is 4.79 Å². The molecule has 2 aliphatic rings. The summed E-state index contributed by atoms with van der Waals surface area (Å²) in [5, 5.41) is 9.16. The standard InChI is InChI=1S/C19H23FN4O3/c1-13-3-7-24-14(11-13)21-15(16(24)20)17(26)23-8-5-19(12-23)4-2-6-22(9-10-25)18(19)27/h3,7,11,25H,2,4-6,8-10,12H2,1H3/t19-/m1/s1. The van der Waals surface area contributed by atoms with Crippen LogP contribution in [0.2, 0.25) is 0 Å². The average Bonchev–Trinajstić information content (AvgIpc) is 3.21. The van der Waals surface area contributed by atoms with Crippen LogP contribution in [0.4, 0.5) is 4.39 Å². The SMILES string of the molecule is Cc1ccn2c(F)c(C(=O)N3CC[C@]4(CCCN(CCO)C4=O)C3)nc2c1. The molecule has 1 spiro atoms. The number of piperidine rings is 1. The molecule has 1 atom stereocenters. The normalized spacial score (nSPS) is 23.0. The number of aryl methyl sites for hydroxylation is 1. The number of aromatic nitrogens is 2. The van der Waals surface area contributed by atoms with Crippen molar-refractivity contribution in [2.75, 3.05) is 32.8 Å². The van der Waals surface area contributed by atoms with Gasteiger partial charge < -0.3 is 14.9 Å². The van der Waals surface area contributed by atoms with Gasteiger partial charge in [-0.15, -0.1) is 0 Å². The van der Waals surface area contributed by atoms with Gasteiger partial charge in [-0.1, -0.05) is 0 Å². The predicted molar refractivity (Wildman–Crippen MR) is 95.7 cm³/mol. The summed E-state index contributed by atoms with van der Waals surface area (Å²) in [7, 11) is 0. The molecule has 2 amide bonds. The fraction of sp³-hybridized carbons (Fsp3) is 0.526. The molecule has 2 saturated heterocycles. The minimum Gasteiger partial charge on any atom is -0.395 e. The number of amides is 2. The fourth-order valence-electron chi connectivity index (χ4n) is 4.31. The van der Waals surface area contributed by atoms with Crippen molar-refractivity contribution < 1.29 is 19.1 Å². The third-order valence-corrected chi connectivity index (χ3v) is 5.76. The van der Waals surface area contributed by atoms with Gasteiger partial charge in [0, 0.05) is 32.4 Å². The van der Waals surface area contributed by atoms with Gasteiger partial charge in [-0.05, 0) is 43.9 Å². The van der Waals surface area contributed by atoms with E-state index in [1.54, 1.807) is 23.2 Å². The van der Waals surface area contributed by atoms with Gasteiger partial charge in [-0.3, -0.25) is 14.0 Å². The molecule has 2 fully saturated rings. The lowest BCUT2D eigenvalue weighted by molar-refractivity contribution is -0.146. The van der Waals surface area contributed by atoms with Gasteiger partial charge in [0.25, 0.3) is 5.91 Å². The Kier molecular flexibility index (Phi) is 4.38. The van der Waals surface area contributed by atoms with Gasteiger partial charge in [0.1, 0.15) is 5.65 Å². The molecular weight excluding hydrogens is 351 g/mol. The van der Waals surface area contributed by atoms with Gasteiger partial charge in [0.2, 0.25) is 11.9 Å². The second kappa shape index (κ2) is 6.60. The van der Waals surface area contributed by atoms with Crippen LogP contribution >= 0.6 is 0 Å². The summed E-state index contributed by atoms with van der Waals surface area (Å²) in [5.41, 5.74) is 0.513. The molecule has 1 N–H and O–H groups in total. The third kappa shape index (κ3) is 2.88. The second-order valence-corrected chi connectivity index (χ2v) is 7.56. The Bertz CT molecular complexity index is 910. The highest BCUT2D eigenvalue weighted by atomic mass is 19.1. The zero-order chi connectivity index (χ0) is 19.2. The first-order valence-electron chi connectivity index (χ1n) is 9.29. The number of pyridine rings is 1. The summed E-state index contributed by atoms with van der Waals surface area (Å²) in [6, 6.07) is 3.48. The smallest absolute Gasteiger partial charge is 0.277 e. The number of carbonyl (C=O) groups excluding carboxylic acids is 2. The first kappa shape index (κ1) is 17.9. The van der Waals surface area contributed by atoms with Crippen LogP contribution in [-0.4, -0.2) is 68.9 Å². The van der Waals surface area contributed by atoms with Crippen molar-refractivity contribution in [3.63, 3.8) is 0 Å². The quantitative estimate of drug-likeness (QED) is 0.877. The Balaban J connectivity index is 1.58. The van der Waals surface area contributed by atoms with Gasteiger partial charge in [0.15, 0.2) is 5.69 Å². The summed E-state index contributed by atoms with van der Waals surface area (Å²) < 4.78 is 16.0. The van der Waals surface area contributed by atoms with E-state index in [9.17, 15) is 14.0 Å². The van der Waals surface area contributed by atoms with E-state index in [0.29, 0.717) is 38.1 Å². The number of aliphatic hydroxyl groups excluding tert-OH is 1. The number of hydrogen-bond acceptors (Lipinski definition) is 4. The lowest BCUT2D eigenvalue weighted by Crippen LogP contribution is -2.51. The van der Waals surface area contributed by atoms with Crippen molar-refractivity contribution in [2.45, 2.75) is 26.2 Å². The highest BCUT2D eigenvalue weighted by Gasteiger charge is 2.49. The molecule has 0 aromatic carbocycles. The topological polar surface area (TPSA) is 78.1 Å². The van der Waals surface area contributed by atoms with Crippen molar-refractivity contribution in [1.29, 1.82) is 0 Å². The van der Waals surface area contributed by atoms with E-state index < -0.39 is 17.3 Å². The van der Waals surface area contributed by atoms with Gasteiger partial charge in [-0.2, -0.15) is 4.39 Å². The summed E-state index contributed by atoms with van der Waals surface area (Å²) >= 11 is 0. The largest absolute Gasteiger partial charge is 0.395 e. The summed E-state index contributed by atoms with van der Waals surface area (Å²) in [6.07, 6.45) is 3.68. The molecule has 0 radical (unpaired) electrons. The molecule has 0 saturated carbocycles. The number of imidazole rings is 1. The zero-order valence-corrected chi connectivity index (χ0v) is 15.3. The molecular formula is C19H23FN4O3. The minimum absolute atomic E-state index is 0.0100. The number of likely N-dealkylation sites (tertiary alicyclic amines) is 2. The van der Waals surface area contributed by atoms with Crippen molar-refractivity contribution >= 4 is 17.5 Å². The summed E-state index contributed by atoms with van der Waals surface area (Å²) in [6.45, 7) is 3.44. The predicted octanol–water partition coefficient (Wildman–Crippen LogP) is 1.23. The zero-order valence-electron chi connectivity index (χ0n) is 15.3. The van der Waals surface area contributed by atoms with Crippen molar-refractivity contribution in [2.24, 2.45) is 5.41 Å². The number of rotatable bonds is 3. The average molecular weight is 374 g/mol. The Morgan fingerprint density at radius 2 is 2.19 bits per heavy atom. The van der Waals surface area contributed by atoms with Gasteiger partial charge >= 0.3 is 0 Å². The first-order chi connectivity index (χ1) is 12.9. The monoisotopic (exact) mass is 374 g/mol. The van der Waals surface area contributed by atoms with Crippen LogP contribution < -0.4 is 0 Å². The fourth-order valence-corrected chi connectivity index (χ4v) is 4.31. The molecule has 4 heterocycles. The van der Waals surface area contributed by atoms with E-state index >= 15 is 0 Å². The van der Waals surface area contributed by atoms with Crippen molar-refractivity contribution in [1.82, 2.24) is 19.2 Å². The van der Waals surface area contributed by atoms with Gasteiger partial charge in [-0.25, -0.2) is 4.98 Å². The number of nitrogens with zero attached hydrogens (tertiary/aromatic N) is 4. The molecule has 2 aliphatic heterocycles. The first-order valence-corrected chi connectivity index (χ1v) is 9.29. The third-order valence-electron chi connectivity index (χ3n) is 5.76. The molecule has 4 rings (SSSR count). The van der Waals surface area contributed by atoms with E-state index in [1.807, 2.05) is 6.92 Å². The number of halogens is 1. The van der Waals surface area contributed by atoms with E-state index in [0.717, 1.165) is 12.0 Å². The molecule has 2 aromatic rings. The molecule has 8 heteroatoms. The lowest BCUT2D eigenvalue weighted by atomic mass is 9.78. The number of aliphatic hydroxyl groups is 1.